The molecule has 0 amide bonds. The highest BCUT2D eigenvalue weighted by molar-refractivity contribution is 9.10. The average molecular weight is 356 g/mol. The molecular weight excluding hydrogens is 330 g/mol. The van der Waals surface area contributed by atoms with E-state index in [1.165, 1.54) is 5.56 Å². The lowest BCUT2D eigenvalue weighted by atomic mass is 9.96. The van der Waals surface area contributed by atoms with Gasteiger partial charge in [0.2, 0.25) is 0 Å². The van der Waals surface area contributed by atoms with Crippen LogP contribution in [0.15, 0.2) is 16.6 Å². The molecule has 1 fully saturated rings. The molecule has 0 bridgehead atoms. The van der Waals surface area contributed by atoms with Crippen LogP contribution in [0.3, 0.4) is 0 Å². The van der Waals surface area contributed by atoms with Crippen LogP contribution in [0, 0.1) is 6.92 Å². The molecule has 1 aliphatic heterocycles. The first-order valence-electron chi connectivity index (χ1n) is 7.45. The van der Waals surface area contributed by atoms with E-state index in [4.69, 9.17) is 9.47 Å². The average Bonchev–Trinajstić information content (AvgIpc) is 2.51. The molecule has 4 heteroatoms. The number of hydrogen-bond donors (Lipinski definition) is 1. The Bertz CT molecular complexity index is 526. The molecule has 1 aromatic rings. The lowest BCUT2D eigenvalue weighted by Gasteiger charge is -2.28. The third-order valence-corrected chi connectivity index (χ3v) is 4.39. The van der Waals surface area contributed by atoms with E-state index < -0.39 is 0 Å². The molecule has 1 heterocycles. The SMILES string of the molecule is CNCc1cc(Br)cc(C)c1OC1CC(C)(C)OC1(C)C. The summed E-state index contributed by atoms with van der Waals surface area (Å²) >= 11 is 3.56. The first-order valence-corrected chi connectivity index (χ1v) is 8.24. The Labute approximate surface area is 136 Å². The van der Waals surface area contributed by atoms with E-state index in [0.29, 0.717) is 0 Å². The summed E-state index contributed by atoms with van der Waals surface area (Å²) in [4.78, 5) is 0. The quantitative estimate of drug-likeness (QED) is 0.877. The molecule has 2 rings (SSSR count). The van der Waals surface area contributed by atoms with Gasteiger partial charge in [0.1, 0.15) is 17.5 Å². The van der Waals surface area contributed by atoms with Crippen molar-refractivity contribution in [1.29, 1.82) is 0 Å². The van der Waals surface area contributed by atoms with Crippen molar-refractivity contribution in [3.8, 4) is 5.75 Å². The van der Waals surface area contributed by atoms with Crippen LogP contribution < -0.4 is 10.1 Å². The lowest BCUT2D eigenvalue weighted by Crippen LogP contribution is -2.37. The van der Waals surface area contributed by atoms with Gasteiger partial charge in [-0.15, -0.1) is 0 Å². The number of benzene rings is 1. The molecule has 3 nitrogen and oxygen atoms in total. The second-order valence-corrected chi connectivity index (χ2v) is 7.93. The van der Waals surface area contributed by atoms with E-state index in [0.717, 1.165) is 28.8 Å². The molecule has 0 spiro atoms. The summed E-state index contributed by atoms with van der Waals surface area (Å²) in [5.41, 5.74) is 1.90. The molecule has 0 aliphatic carbocycles. The molecule has 0 aromatic heterocycles. The zero-order valence-corrected chi connectivity index (χ0v) is 15.4. The fourth-order valence-corrected chi connectivity index (χ4v) is 3.75. The molecule has 1 N–H and O–H groups in total. The van der Waals surface area contributed by atoms with Crippen molar-refractivity contribution in [1.82, 2.24) is 5.32 Å². The third kappa shape index (κ3) is 3.79. The predicted octanol–water partition coefficient (Wildman–Crippen LogP) is 4.20. The van der Waals surface area contributed by atoms with Crippen LogP contribution in [-0.4, -0.2) is 24.4 Å². The number of rotatable bonds is 4. The molecular formula is C17H26BrNO2. The molecule has 1 aliphatic rings. The topological polar surface area (TPSA) is 30.5 Å². The minimum absolute atomic E-state index is 0.0583. The molecule has 118 valence electrons. The lowest BCUT2D eigenvalue weighted by molar-refractivity contribution is -0.0847. The number of ether oxygens (including phenoxy) is 2. The van der Waals surface area contributed by atoms with Crippen molar-refractivity contribution >= 4 is 15.9 Å². The zero-order valence-electron chi connectivity index (χ0n) is 13.8. The van der Waals surface area contributed by atoms with Crippen LogP contribution in [0.25, 0.3) is 0 Å². The third-order valence-electron chi connectivity index (χ3n) is 3.94. The van der Waals surface area contributed by atoms with Crippen molar-refractivity contribution in [2.45, 2.75) is 64.9 Å². The maximum Gasteiger partial charge on any atom is 0.130 e. The van der Waals surface area contributed by atoms with Gasteiger partial charge in [0.25, 0.3) is 0 Å². The Morgan fingerprint density at radius 1 is 1.33 bits per heavy atom. The van der Waals surface area contributed by atoms with E-state index in [9.17, 15) is 0 Å². The van der Waals surface area contributed by atoms with Crippen molar-refractivity contribution < 1.29 is 9.47 Å². The van der Waals surface area contributed by atoms with Crippen LogP contribution in [0.5, 0.6) is 5.75 Å². The van der Waals surface area contributed by atoms with Gasteiger partial charge in [0, 0.05) is 23.0 Å². The fourth-order valence-electron chi connectivity index (χ4n) is 3.13. The normalized spacial score (nSPS) is 23.3. The Hall–Kier alpha value is -0.580. The van der Waals surface area contributed by atoms with Gasteiger partial charge >= 0.3 is 0 Å². The van der Waals surface area contributed by atoms with Gasteiger partial charge in [-0.25, -0.2) is 0 Å². The number of nitrogens with one attached hydrogen (secondary N) is 1. The Morgan fingerprint density at radius 2 is 2.00 bits per heavy atom. The smallest absolute Gasteiger partial charge is 0.130 e. The van der Waals surface area contributed by atoms with Gasteiger partial charge in [-0.2, -0.15) is 0 Å². The predicted molar refractivity (Wildman–Crippen MR) is 89.9 cm³/mol. The van der Waals surface area contributed by atoms with E-state index >= 15 is 0 Å². The monoisotopic (exact) mass is 355 g/mol. The maximum atomic E-state index is 6.41. The van der Waals surface area contributed by atoms with E-state index in [2.05, 4.69) is 68.0 Å². The standard InChI is InChI=1S/C17H26BrNO2/c1-11-7-13(18)8-12(10-19-6)15(11)20-14-9-16(2,3)21-17(14,4)5/h7-8,14,19H,9-10H2,1-6H3. The molecule has 21 heavy (non-hydrogen) atoms. The second-order valence-electron chi connectivity index (χ2n) is 7.02. The van der Waals surface area contributed by atoms with Crippen LogP contribution in [0.4, 0.5) is 0 Å². The number of hydrogen-bond acceptors (Lipinski definition) is 3. The summed E-state index contributed by atoms with van der Waals surface area (Å²) in [5.74, 6) is 0.979. The molecule has 1 atom stereocenters. The Kier molecular flexibility index (Phi) is 4.72. The highest BCUT2D eigenvalue weighted by atomic mass is 79.9. The Balaban J connectivity index is 2.31. The van der Waals surface area contributed by atoms with Crippen LogP contribution in [-0.2, 0) is 11.3 Å². The highest BCUT2D eigenvalue weighted by Crippen LogP contribution is 2.41. The van der Waals surface area contributed by atoms with Gasteiger partial charge in [-0.3, -0.25) is 0 Å². The van der Waals surface area contributed by atoms with E-state index in [-0.39, 0.29) is 17.3 Å². The van der Waals surface area contributed by atoms with E-state index in [1.807, 2.05) is 7.05 Å². The summed E-state index contributed by atoms with van der Waals surface area (Å²) < 4.78 is 13.6. The number of halogens is 1. The fraction of sp³-hybridized carbons (Fsp3) is 0.647. The summed E-state index contributed by atoms with van der Waals surface area (Å²) in [6, 6.07) is 4.22. The van der Waals surface area contributed by atoms with Crippen molar-refractivity contribution in [3.63, 3.8) is 0 Å². The van der Waals surface area contributed by atoms with Gasteiger partial charge in [-0.1, -0.05) is 15.9 Å². The molecule has 0 saturated carbocycles. The van der Waals surface area contributed by atoms with Crippen molar-refractivity contribution in [2.24, 2.45) is 0 Å². The van der Waals surface area contributed by atoms with Gasteiger partial charge < -0.3 is 14.8 Å². The zero-order chi connectivity index (χ0) is 15.8. The summed E-state index contributed by atoms with van der Waals surface area (Å²) in [5, 5.41) is 3.21. The summed E-state index contributed by atoms with van der Waals surface area (Å²) in [7, 11) is 1.95. The van der Waals surface area contributed by atoms with Gasteiger partial charge in [0.05, 0.1) is 5.60 Å². The van der Waals surface area contributed by atoms with Crippen LogP contribution in [0.1, 0.15) is 45.2 Å². The maximum absolute atomic E-state index is 6.41. The minimum Gasteiger partial charge on any atom is -0.487 e. The molecule has 1 aromatic carbocycles. The first-order chi connectivity index (χ1) is 9.64. The molecule has 1 saturated heterocycles. The first kappa shape index (κ1) is 16.8. The second kappa shape index (κ2) is 5.90. The highest BCUT2D eigenvalue weighted by Gasteiger charge is 2.47. The van der Waals surface area contributed by atoms with E-state index in [1.54, 1.807) is 0 Å². The summed E-state index contributed by atoms with van der Waals surface area (Å²) in [6.45, 7) is 11.3. The van der Waals surface area contributed by atoms with Gasteiger partial charge in [0.15, 0.2) is 0 Å². The largest absolute Gasteiger partial charge is 0.487 e. The van der Waals surface area contributed by atoms with Crippen molar-refractivity contribution in [3.05, 3.63) is 27.7 Å². The van der Waals surface area contributed by atoms with Gasteiger partial charge in [-0.05, 0) is 59.4 Å². The molecule has 1 unspecified atom stereocenters. The summed E-state index contributed by atoms with van der Waals surface area (Å²) in [6.07, 6.45) is 0.956. The van der Waals surface area contributed by atoms with Crippen LogP contribution in [0.2, 0.25) is 0 Å². The Morgan fingerprint density at radius 3 is 2.52 bits per heavy atom. The molecule has 0 radical (unpaired) electrons. The number of aryl methyl sites for hydroxylation is 1. The van der Waals surface area contributed by atoms with Crippen LogP contribution >= 0.6 is 15.9 Å². The van der Waals surface area contributed by atoms with Crippen molar-refractivity contribution in [2.75, 3.05) is 7.05 Å². The minimum atomic E-state index is -0.278.